The van der Waals surface area contributed by atoms with E-state index in [0.29, 0.717) is 32.8 Å². The molecular formula is C22H17BrN2O5. The lowest BCUT2D eigenvalue weighted by Crippen LogP contribution is -2.54. The van der Waals surface area contributed by atoms with E-state index in [1.165, 1.54) is 13.2 Å². The number of amides is 4. The summed E-state index contributed by atoms with van der Waals surface area (Å²) in [6.07, 6.45) is 6.61. The van der Waals surface area contributed by atoms with Gasteiger partial charge >= 0.3 is 6.03 Å². The molecule has 1 N–H and O–H groups in total. The van der Waals surface area contributed by atoms with Crippen LogP contribution in [0.3, 0.4) is 0 Å². The summed E-state index contributed by atoms with van der Waals surface area (Å²) in [7, 11) is 1.46. The van der Waals surface area contributed by atoms with Gasteiger partial charge in [0.25, 0.3) is 11.8 Å². The second kappa shape index (κ2) is 8.84. The fourth-order valence-electron chi connectivity index (χ4n) is 2.93. The lowest BCUT2D eigenvalue weighted by Gasteiger charge is -2.27. The molecule has 3 rings (SSSR count). The highest BCUT2D eigenvalue weighted by atomic mass is 79.9. The molecule has 1 saturated heterocycles. The van der Waals surface area contributed by atoms with Gasteiger partial charge in [-0.15, -0.1) is 6.42 Å². The van der Waals surface area contributed by atoms with Crippen molar-refractivity contribution in [2.45, 2.75) is 6.92 Å². The summed E-state index contributed by atoms with van der Waals surface area (Å²) in [5.41, 5.74) is 1.41. The average Bonchev–Trinajstić information content (AvgIpc) is 2.71. The van der Waals surface area contributed by atoms with Gasteiger partial charge in [-0.2, -0.15) is 0 Å². The molecular weight excluding hydrogens is 452 g/mol. The normalized spacial score (nSPS) is 15.1. The molecule has 4 amide bonds. The number of imide groups is 2. The highest BCUT2D eigenvalue weighted by Gasteiger charge is 2.37. The van der Waals surface area contributed by atoms with Gasteiger partial charge in [-0.25, -0.2) is 9.69 Å². The Bertz CT molecular complexity index is 1120. The molecule has 1 fully saturated rings. The van der Waals surface area contributed by atoms with Gasteiger partial charge in [-0.05, 0) is 58.3 Å². The highest BCUT2D eigenvalue weighted by Crippen LogP contribution is 2.37. The second-order valence-electron chi connectivity index (χ2n) is 6.27. The molecule has 0 unspecified atom stereocenters. The van der Waals surface area contributed by atoms with Gasteiger partial charge in [0, 0.05) is 0 Å². The Morgan fingerprint density at radius 2 is 1.97 bits per heavy atom. The number of carbonyl (C=O) groups is 3. The van der Waals surface area contributed by atoms with E-state index in [1.54, 1.807) is 43.3 Å². The van der Waals surface area contributed by atoms with Gasteiger partial charge in [-0.1, -0.05) is 24.1 Å². The second-order valence-corrected chi connectivity index (χ2v) is 7.13. The standard InChI is InChI=1S/C22H17BrN2O5/c1-4-9-30-19-16(23)11-14(12-18(19)29-3)10-15-20(26)24-22(28)25(21(15)27)17-8-6-5-7-13(17)2/h1,5-8,10-12H,9H2,2-3H3,(H,24,26,28)/b15-10+. The van der Waals surface area contributed by atoms with E-state index < -0.39 is 17.8 Å². The maximum atomic E-state index is 13.0. The first-order valence-electron chi connectivity index (χ1n) is 8.78. The van der Waals surface area contributed by atoms with E-state index in [1.807, 2.05) is 0 Å². The zero-order valence-electron chi connectivity index (χ0n) is 16.2. The van der Waals surface area contributed by atoms with Gasteiger partial charge in [0.05, 0.1) is 17.3 Å². The quantitative estimate of drug-likeness (QED) is 0.412. The molecule has 2 aromatic carbocycles. The van der Waals surface area contributed by atoms with Gasteiger partial charge in [0.1, 0.15) is 12.2 Å². The van der Waals surface area contributed by atoms with Crippen molar-refractivity contribution in [3.63, 3.8) is 0 Å². The number of nitrogens with one attached hydrogen (secondary N) is 1. The number of benzene rings is 2. The summed E-state index contributed by atoms with van der Waals surface area (Å²) in [4.78, 5) is 38.7. The van der Waals surface area contributed by atoms with Crippen molar-refractivity contribution >= 4 is 45.5 Å². The number of halogens is 1. The predicted octanol–water partition coefficient (Wildman–Crippen LogP) is 3.44. The van der Waals surface area contributed by atoms with Gasteiger partial charge < -0.3 is 9.47 Å². The van der Waals surface area contributed by atoms with Crippen LogP contribution in [0.5, 0.6) is 11.5 Å². The smallest absolute Gasteiger partial charge is 0.335 e. The molecule has 0 aromatic heterocycles. The van der Waals surface area contributed by atoms with Crippen LogP contribution < -0.4 is 19.7 Å². The van der Waals surface area contributed by atoms with E-state index in [4.69, 9.17) is 15.9 Å². The van der Waals surface area contributed by atoms with Crippen LogP contribution in [0.4, 0.5) is 10.5 Å². The van der Waals surface area contributed by atoms with Crippen LogP contribution in [-0.2, 0) is 9.59 Å². The lowest BCUT2D eigenvalue weighted by atomic mass is 10.1. The third-order valence-electron chi connectivity index (χ3n) is 4.32. The van der Waals surface area contributed by atoms with Gasteiger partial charge in [0.15, 0.2) is 11.5 Å². The van der Waals surface area contributed by atoms with Gasteiger partial charge in [0.2, 0.25) is 0 Å². The number of para-hydroxylation sites is 1. The Balaban J connectivity index is 2.04. The van der Waals surface area contributed by atoms with Gasteiger partial charge in [-0.3, -0.25) is 14.9 Å². The topological polar surface area (TPSA) is 84.9 Å². The summed E-state index contributed by atoms with van der Waals surface area (Å²) < 4.78 is 11.3. The van der Waals surface area contributed by atoms with Crippen LogP contribution in [0.15, 0.2) is 46.4 Å². The largest absolute Gasteiger partial charge is 0.493 e. The van der Waals surface area contributed by atoms with Crippen LogP contribution in [0.2, 0.25) is 0 Å². The summed E-state index contributed by atoms with van der Waals surface area (Å²) in [6.45, 7) is 1.82. The molecule has 2 aromatic rings. The van der Waals surface area contributed by atoms with E-state index in [2.05, 4.69) is 27.2 Å². The minimum absolute atomic E-state index is 0.0454. The number of terminal acetylenes is 1. The van der Waals surface area contributed by atoms with Crippen molar-refractivity contribution in [2.75, 3.05) is 18.6 Å². The summed E-state index contributed by atoms with van der Waals surface area (Å²) in [5, 5.41) is 2.21. The number of carbonyl (C=O) groups excluding carboxylic acids is 3. The molecule has 1 aliphatic rings. The fraction of sp³-hybridized carbons (Fsp3) is 0.136. The minimum atomic E-state index is -0.798. The molecule has 0 spiro atoms. The van der Waals surface area contributed by atoms with Crippen LogP contribution in [0, 0.1) is 19.3 Å². The van der Waals surface area contributed by atoms with Crippen LogP contribution in [-0.4, -0.2) is 31.6 Å². The fourth-order valence-corrected chi connectivity index (χ4v) is 3.51. The number of aryl methyl sites for hydroxylation is 1. The first-order valence-corrected chi connectivity index (χ1v) is 9.57. The van der Waals surface area contributed by atoms with Crippen molar-refractivity contribution < 1.29 is 23.9 Å². The third-order valence-corrected chi connectivity index (χ3v) is 4.91. The predicted molar refractivity (Wildman–Crippen MR) is 115 cm³/mol. The summed E-state index contributed by atoms with van der Waals surface area (Å²) >= 11 is 3.38. The number of barbiturate groups is 1. The molecule has 0 saturated carbocycles. The van der Waals surface area contributed by atoms with E-state index in [9.17, 15) is 14.4 Å². The molecule has 7 nitrogen and oxygen atoms in total. The molecule has 0 bridgehead atoms. The van der Waals surface area contributed by atoms with E-state index >= 15 is 0 Å². The Kier molecular flexibility index (Phi) is 6.23. The van der Waals surface area contributed by atoms with E-state index in [-0.39, 0.29) is 12.2 Å². The van der Waals surface area contributed by atoms with E-state index in [0.717, 1.165) is 4.90 Å². The highest BCUT2D eigenvalue weighted by molar-refractivity contribution is 9.10. The third kappa shape index (κ3) is 4.07. The number of urea groups is 1. The molecule has 8 heteroatoms. The molecule has 152 valence electrons. The monoisotopic (exact) mass is 468 g/mol. The maximum Gasteiger partial charge on any atom is 0.335 e. The first kappa shape index (κ1) is 21.1. The van der Waals surface area contributed by atoms with Crippen LogP contribution in [0.1, 0.15) is 11.1 Å². The Labute approximate surface area is 181 Å². The molecule has 0 atom stereocenters. The molecule has 1 heterocycles. The Morgan fingerprint density at radius 1 is 1.23 bits per heavy atom. The molecule has 1 aliphatic heterocycles. The van der Waals surface area contributed by atoms with Crippen molar-refractivity contribution in [3.05, 3.63) is 57.6 Å². The first-order chi connectivity index (χ1) is 14.4. The van der Waals surface area contributed by atoms with Crippen molar-refractivity contribution in [3.8, 4) is 23.8 Å². The lowest BCUT2D eigenvalue weighted by molar-refractivity contribution is -0.122. The molecule has 30 heavy (non-hydrogen) atoms. The minimum Gasteiger partial charge on any atom is -0.493 e. The Morgan fingerprint density at radius 3 is 2.63 bits per heavy atom. The average molecular weight is 469 g/mol. The van der Waals surface area contributed by atoms with Crippen molar-refractivity contribution in [1.82, 2.24) is 5.32 Å². The SMILES string of the molecule is C#CCOc1c(Br)cc(/C=C2\C(=O)NC(=O)N(c3ccccc3C)C2=O)cc1OC. The molecule has 0 radical (unpaired) electrons. The zero-order chi connectivity index (χ0) is 21.8. The zero-order valence-corrected chi connectivity index (χ0v) is 17.8. The Hall–Kier alpha value is -3.57. The van der Waals surface area contributed by atoms with Crippen molar-refractivity contribution in [1.29, 1.82) is 0 Å². The number of ether oxygens (including phenoxy) is 2. The molecule has 0 aliphatic carbocycles. The van der Waals surface area contributed by atoms with Crippen molar-refractivity contribution in [2.24, 2.45) is 0 Å². The number of anilines is 1. The maximum absolute atomic E-state index is 13.0. The number of nitrogens with zero attached hydrogens (tertiary/aromatic N) is 1. The van der Waals surface area contributed by atoms with Crippen LogP contribution in [0.25, 0.3) is 6.08 Å². The number of rotatable bonds is 5. The number of hydrogen-bond acceptors (Lipinski definition) is 5. The summed E-state index contributed by atoms with van der Waals surface area (Å²) in [5.74, 6) is 1.63. The van der Waals surface area contributed by atoms with Crippen LogP contribution >= 0.6 is 15.9 Å². The number of hydrogen-bond donors (Lipinski definition) is 1. The number of methoxy groups -OCH3 is 1. The summed E-state index contributed by atoms with van der Waals surface area (Å²) in [6, 6.07) is 9.35.